The van der Waals surface area contributed by atoms with E-state index in [4.69, 9.17) is 11.5 Å². The Hall–Kier alpha value is -1.06. The summed E-state index contributed by atoms with van der Waals surface area (Å²) in [7, 11) is 0. The van der Waals surface area contributed by atoms with Gasteiger partial charge in [-0.2, -0.15) is 0 Å². The Balaban J connectivity index is 3.21. The first-order valence-electron chi connectivity index (χ1n) is 10.7. The first-order chi connectivity index (χ1) is 12.1. The van der Waals surface area contributed by atoms with Crippen molar-refractivity contribution in [3.8, 4) is 0 Å². The van der Waals surface area contributed by atoms with Crippen LogP contribution in [0.15, 0.2) is 0 Å². The maximum atomic E-state index is 11.1. The molecule has 0 radical (unpaired) electrons. The van der Waals surface area contributed by atoms with Crippen molar-refractivity contribution in [2.24, 2.45) is 17.4 Å². The third-order valence-corrected chi connectivity index (χ3v) is 5.03. The lowest BCUT2D eigenvalue weighted by atomic mass is 9.98. The number of carbonyl (C=O) groups excluding carboxylic acids is 2. The van der Waals surface area contributed by atoms with Crippen LogP contribution in [0.2, 0.25) is 0 Å². The van der Waals surface area contributed by atoms with Crippen LogP contribution in [0.3, 0.4) is 0 Å². The molecule has 0 aromatic heterocycles. The molecule has 0 aliphatic rings. The van der Waals surface area contributed by atoms with E-state index < -0.39 is 17.7 Å². The minimum Gasteiger partial charge on any atom is -0.369 e. The number of rotatable bonds is 19. The molecule has 0 heterocycles. The SMILES string of the molecule is CCCCCCCCCCCCCCCCCCC(C(N)=O)C(N)=O. The summed E-state index contributed by atoms with van der Waals surface area (Å²) < 4.78 is 0. The van der Waals surface area contributed by atoms with Gasteiger partial charge in [0.25, 0.3) is 0 Å². The standard InChI is InChI=1S/C21H42N2O2/c1-2-3-4-5-6-7-8-9-10-11-12-13-14-15-16-17-18-19(20(22)24)21(23)25/h19H,2-18H2,1H3,(H2,22,24)(H2,23,25). The van der Waals surface area contributed by atoms with Crippen molar-refractivity contribution in [2.45, 2.75) is 116 Å². The predicted octanol–water partition coefficient (Wildman–Crippen LogP) is 5.22. The number of hydrogen-bond donors (Lipinski definition) is 2. The second-order valence-corrected chi connectivity index (χ2v) is 7.45. The van der Waals surface area contributed by atoms with Gasteiger partial charge in [-0.05, 0) is 6.42 Å². The van der Waals surface area contributed by atoms with E-state index in [0.29, 0.717) is 6.42 Å². The van der Waals surface area contributed by atoms with Gasteiger partial charge in [0.05, 0.1) is 0 Å². The molecular weight excluding hydrogens is 312 g/mol. The van der Waals surface area contributed by atoms with Gasteiger partial charge in [0.1, 0.15) is 5.92 Å². The van der Waals surface area contributed by atoms with Crippen LogP contribution in [0, 0.1) is 5.92 Å². The zero-order valence-corrected chi connectivity index (χ0v) is 16.6. The Labute approximate surface area is 155 Å². The van der Waals surface area contributed by atoms with Crippen molar-refractivity contribution < 1.29 is 9.59 Å². The van der Waals surface area contributed by atoms with Gasteiger partial charge in [0.2, 0.25) is 11.8 Å². The zero-order chi connectivity index (χ0) is 18.8. The monoisotopic (exact) mass is 354 g/mol. The number of amides is 2. The molecule has 4 N–H and O–H groups in total. The molecule has 0 aromatic carbocycles. The van der Waals surface area contributed by atoms with Crippen molar-refractivity contribution in [1.29, 1.82) is 0 Å². The van der Waals surface area contributed by atoms with E-state index in [1.165, 1.54) is 89.9 Å². The fourth-order valence-corrected chi connectivity index (χ4v) is 3.32. The maximum Gasteiger partial charge on any atom is 0.229 e. The van der Waals surface area contributed by atoms with Crippen molar-refractivity contribution >= 4 is 11.8 Å². The Bertz CT molecular complexity index is 318. The van der Waals surface area contributed by atoms with Gasteiger partial charge in [0, 0.05) is 0 Å². The summed E-state index contributed by atoms with van der Waals surface area (Å²) in [6, 6.07) is 0. The van der Waals surface area contributed by atoms with E-state index in [1.54, 1.807) is 0 Å². The number of nitrogens with two attached hydrogens (primary N) is 2. The van der Waals surface area contributed by atoms with Gasteiger partial charge >= 0.3 is 0 Å². The van der Waals surface area contributed by atoms with Crippen LogP contribution in [0.1, 0.15) is 116 Å². The number of primary amides is 2. The second-order valence-electron chi connectivity index (χ2n) is 7.45. The molecule has 0 unspecified atom stereocenters. The highest BCUT2D eigenvalue weighted by molar-refractivity contribution is 5.98. The summed E-state index contributed by atoms with van der Waals surface area (Å²) in [4.78, 5) is 22.1. The summed E-state index contributed by atoms with van der Waals surface area (Å²) in [5.74, 6) is -1.96. The minimum atomic E-state index is -0.786. The fourth-order valence-electron chi connectivity index (χ4n) is 3.32. The third-order valence-electron chi connectivity index (χ3n) is 5.03. The van der Waals surface area contributed by atoms with Gasteiger partial charge in [-0.15, -0.1) is 0 Å². The van der Waals surface area contributed by atoms with Gasteiger partial charge in [-0.25, -0.2) is 0 Å². The summed E-state index contributed by atoms with van der Waals surface area (Å²) in [5.41, 5.74) is 10.3. The molecule has 0 atom stereocenters. The molecule has 4 nitrogen and oxygen atoms in total. The molecule has 25 heavy (non-hydrogen) atoms. The zero-order valence-electron chi connectivity index (χ0n) is 16.6. The molecule has 0 aliphatic heterocycles. The quantitative estimate of drug-likeness (QED) is 0.246. The fraction of sp³-hybridized carbons (Fsp3) is 0.905. The molecule has 0 saturated heterocycles. The average molecular weight is 355 g/mol. The van der Waals surface area contributed by atoms with Gasteiger partial charge in [0.15, 0.2) is 0 Å². The van der Waals surface area contributed by atoms with Crippen LogP contribution in [-0.2, 0) is 9.59 Å². The lowest BCUT2D eigenvalue weighted by Gasteiger charge is -2.08. The number of hydrogen-bond acceptors (Lipinski definition) is 2. The van der Waals surface area contributed by atoms with Crippen molar-refractivity contribution in [1.82, 2.24) is 0 Å². The van der Waals surface area contributed by atoms with E-state index in [-0.39, 0.29) is 0 Å². The van der Waals surface area contributed by atoms with Crippen molar-refractivity contribution in [2.75, 3.05) is 0 Å². The molecule has 0 bridgehead atoms. The molecule has 0 spiro atoms. The van der Waals surface area contributed by atoms with Crippen LogP contribution < -0.4 is 11.5 Å². The normalized spacial score (nSPS) is 11.1. The first kappa shape index (κ1) is 23.9. The van der Waals surface area contributed by atoms with E-state index in [1.807, 2.05) is 0 Å². The van der Waals surface area contributed by atoms with Crippen LogP contribution >= 0.6 is 0 Å². The Morgan fingerprint density at radius 1 is 0.560 bits per heavy atom. The molecule has 0 saturated carbocycles. The third kappa shape index (κ3) is 16.2. The van der Waals surface area contributed by atoms with Crippen LogP contribution in [0.4, 0.5) is 0 Å². The summed E-state index contributed by atoms with van der Waals surface area (Å²) in [6.07, 6.45) is 21.4. The summed E-state index contributed by atoms with van der Waals surface area (Å²) >= 11 is 0. The predicted molar refractivity (Wildman–Crippen MR) is 106 cm³/mol. The lowest BCUT2D eigenvalue weighted by Crippen LogP contribution is -2.34. The van der Waals surface area contributed by atoms with Gasteiger partial charge in [-0.3, -0.25) is 9.59 Å². The highest BCUT2D eigenvalue weighted by Crippen LogP contribution is 2.15. The van der Waals surface area contributed by atoms with E-state index in [0.717, 1.165) is 12.8 Å². The second kappa shape index (κ2) is 17.8. The first-order valence-corrected chi connectivity index (χ1v) is 10.7. The van der Waals surface area contributed by atoms with Gasteiger partial charge < -0.3 is 11.5 Å². The Kier molecular flexibility index (Phi) is 17.0. The van der Waals surface area contributed by atoms with Crippen LogP contribution in [0.5, 0.6) is 0 Å². The highest BCUT2D eigenvalue weighted by atomic mass is 16.2. The average Bonchev–Trinajstić information content (AvgIpc) is 2.57. The minimum absolute atomic E-state index is 0.503. The summed E-state index contributed by atoms with van der Waals surface area (Å²) in [5, 5.41) is 0. The Morgan fingerprint density at radius 2 is 0.840 bits per heavy atom. The number of carbonyl (C=O) groups is 2. The molecule has 0 fully saturated rings. The lowest BCUT2D eigenvalue weighted by molar-refractivity contribution is -0.131. The van der Waals surface area contributed by atoms with Crippen molar-refractivity contribution in [3.63, 3.8) is 0 Å². The number of unbranched alkanes of at least 4 members (excludes halogenated alkanes) is 15. The van der Waals surface area contributed by atoms with Gasteiger partial charge in [-0.1, -0.05) is 110 Å². The van der Waals surface area contributed by atoms with Crippen LogP contribution in [0.25, 0.3) is 0 Å². The molecule has 0 aliphatic carbocycles. The molecule has 2 amide bonds. The smallest absolute Gasteiger partial charge is 0.229 e. The molecule has 0 rings (SSSR count). The summed E-state index contributed by atoms with van der Waals surface area (Å²) in [6.45, 7) is 2.27. The largest absolute Gasteiger partial charge is 0.369 e. The highest BCUT2D eigenvalue weighted by Gasteiger charge is 2.20. The van der Waals surface area contributed by atoms with E-state index in [2.05, 4.69) is 6.92 Å². The van der Waals surface area contributed by atoms with Crippen LogP contribution in [-0.4, -0.2) is 11.8 Å². The van der Waals surface area contributed by atoms with E-state index >= 15 is 0 Å². The topological polar surface area (TPSA) is 86.2 Å². The Morgan fingerprint density at radius 3 is 1.12 bits per heavy atom. The van der Waals surface area contributed by atoms with Crippen molar-refractivity contribution in [3.05, 3.63) is 0 Å². The molecular formula is C21H42N2O2. The molecule has 0 aromatic rings. The van der Waals surface area contributed by atoms with E-state index in [9.17, 15) is 9.59 Å². The molecule has 148 valence electrons. The maximum absolute atomic E-state index is 11.1. The molecule has 4 heteroatoms.